The fraction of sp³-hybridized carbons (Fsp3) is 0.278. The predicted octanol–water partition coefficient (Wildman–Crippen LogP) is 2.61. The van der Waals surface area contributed by atoms with Crippen LogP contribution in [0, 0.1) is 6.92 Å². The molecule has 5 nitrogen and oxygen atoms in total. The lowest BCUT2D eigenvalue weighted by molar-refractivity contribution is 0.836. The molecule has 1 aliphatic rings. The Morgan fingerprint density at radius 2 is 2.00 bits per heavy atom. The summed E-state index contributed by atoms with van der Waals surface area (Å²) in [6.07, 6.45) is 8.30. The fourth-order valence-corrected chi connectivity index (χ4v) is 3.23. The monoisotopic (exact) mass is 339 g/mol. The molecule has 1 atom stereocenters. The molecule has 24 heavy (non-hydrogen) atoms. The highest BCUT2D eigenvalue weighted by Crippen LogP contribution is 2.27. The highest BCUT2D eigenvalue weighted by Gasteiger charge is 2.15. The molecule has 1 aromatic carbocycles. The van der Waals surface area contributed by atoms with Gasteiger partial charge in [0.1, 0.15) is 11.3 Å². The van der Waals surface area contributed by atoms with Crippen LogP contribution in [0.2, 0.25) is 5.02 Å². The highest BCUT2D eigenvalue weighted by atomic mass is 35.5. The summed E-state index contributed by atoms with van der Waals surface area (Å²) in [5.74, 6) is 1.26. The second-order valence-corrected chi connectivity index (χ2v) is 6.45. The molecule has 3 aromatic rings. The summed E-state index contributed by atoms with van der Waals surface area (Å²) in [7, 11) is 0. The van der Waals surface area contributed by atoms with E-state index in [1.807, 2.05) is 6.92 Å². The van der Waals surface area contributed by atoms with Crippen molar-refractivity contribution in [1.82, 2.24) is 19.6 Å². The van der Waals surface area contributed by atoms with Crippen molar-refractivity contribution in [2.24, 2.45) is 0 Å². The average Bonchev–Trinajstić information content (AvgIpc) is 3.06. The van der Waals surface area contributed by atoms with Crippen LogP contribution in [0.25, 0.3) is 17.9 Å². The quantitative estimate of drug-likeness (QED) is 0.797. The number of fused-ring (bicyclic) bond motifs is 2. The number of halogens is 1. The SMILES string of the molecule is Cc1nc2ncnn2c(N[C@@H](C)c2ccc3c(c2)=CCCC=3)c1Cl. The Morgan fingerprint density at radius 1 is 1.21 bits per heavy atom. The Morgan fingerprint density at radius 3 is 2.83 bits per heavy atom. The average molecular weight is 340 g/mol. The largest absolute Gasteiger partial charge is 0.362 e. The number of rotatable bonds is 3. The van der Waals surface area contributed by atoms with Crippen molar-refractivity contribution in [3.63, 3.8) is 0 Å². The van der Waals surface area contributed by atoms with Gasteiger partial charge in [-0.3, -0.25) is 0 Å². The van der Waals surface area contributed by atoms with Gasteiger partial charge in [-0.2, -0.15) is 14.6 Å². The van der Waals surface area contributed by atoms with Gasteiger partial charge in [-0.15, -0.1) is 0 Å². The molecule has 0 amide bonds. The molecule has 122 valence electrons. The Balaban J connectivity index is 1.74. The zero-order valence-corrected chi connectivity index (χ0v) is 14.4. The first-order valence-electron chi connectivity index (χ1n) is 8.06. The van der Waals surface area contributed by atoms with Crippen LogP contribution < -0.4 is 15.8 Å². The van der Waals surface area contributed by atoms with E-state index in [0.717, 1.165) is 24.4 Å². The summed E-state index contributed by atoms with van der Waals surface area (Å²) in [4.78, 5) is 8.49. The fourth-order valence-electron chi connectivity index (χ4n) is 3.05. The molecule has 1 aliphatic carbocycles. The number of nitrogens with one attached hydrogen (secondary N) is 1. The summed E-state index contributed by atoms with van der Waals surface area (Å²) >= 11 is 6.45. The van der Waals surface area contributed by atoms with Gasteiger partial charge in [0.25, 0.3) is 5.78 Å². The highest BCUT2D eigenvalue weighted by molar-refractivity contribution is 6.33. The van der Waals surface area contributed by atoms with E-state index in [-0.39, 0.29) is 6.04 Å². The Labute approximate surface area is 144 Å². The molecular weight excluding hydrogens is 322 g/mol. The molecule has 0 spiro atoms. The van der Waals surface area contributed by atoms with E-state index in [4.69, 9.17) is 11.6 Å². The number of anilines is 1. The normalized spacial score (nSPS) is 14.6. The van der Waals surface area contributed by atoms with Crippen LogP contribution in [-0.4, -0.2) is 19.6 Å². The Kier molecular flexibility index (Phi) is 3.73. The minimum atomic E-state index is 0.0809. The number of aryl methyl sites for hydroxylation is 1. The molecule has 0 fully saturated rings. The first-order valence-corrected chi connectivity index (χ1v) is 8.44. The van der Waals surface area contributed by atoms with Crippen molar-refractivity contribution < 1.29 is 0 Å². The van der Waals surface area contributed by atoms with Gasteiger partial charge in [-0.1, -0.05) is 35.9 Å². The number of hydrogen-bond acceptors (Lipinski definition) is 4. The molecular formula is C18H18ClN5. The van der Waals surface area contributed by atoms with Gasteiger partial charge in [-0.25, -0.2) is 4.98 Å². The summed E-state index contributed by atoms with van der Waals surface area (Å²) in [5, 5.41) is 10.9. The lowest BCUT2D eigenvalue weighted by Gasteiger charge is -2.18. The molecule has 2 aromatic heterocycles. The zero-order chi connectivity index (χ0) is 16.7. The lowest BCUT2D eigenvalue weighted by Crippen LogP contribution is -2.27. The summed E-state index contributed by atoms with van der Waals surface area (Å²) in [6, 6.07) is 6.66. The van der Waals surface area contributed by atoms with Crippen LogP contribution >= 0.6 is 11.6 Å². The molecule has 0 saturated heterocycles. The number of nitrogens with zero attached hydrogens (tertiary/aromatic N) is 4. The molecule has 0 aliphatic heterocycles. The van der Waals surface area contributed by atoms with Crippen LogP contribution in [-0.2, 0) is 0 Å². The van der Waals surface area contributed by atoms with Gasteiger partial charge in [0.15, 0.2) is 5.82 Å². The molecule has 0 saturated carbocycles. The number of hydrogen-bond donors (Lipinski definition) is 1. The summed E-state index contributed by atoms with van der Waals surface area (Å²) < 4.78 is 1.64. The Hall–Kier alpha value is -2.40. The van der Waals surface area contributed by atoms with Crippen LogP contribution in [0.3, 0.4) is 0 Å². The van der Waals surface area contributed by atoms with Crippen molar-refractivity contribution in [2.75, 3.05) is 5.32 Å². The molecule has 1 N–H and O–H groups in total. The van der Waals surface area contributed by atoms with Crippen LogP contribution in [0.5, 0.6) is 0 Å². The zero-order valence-electron chi connectivity index (χ0n) is 13.6. The second kappa shape index (κ2) is 5.91. The third-order valence-corrected chi connectivity index (χ3v) is 4.85. The maximum Gasteiger partial charge on any atom is 0.254 e. The van der Waals surface area contributed by atoms with Gasteiger partial charge >= 0.3 is 0 Å². The van der Waals surface area contributed by atoms with Gasteiger partial charge < -0.3 is 5.32 Å². The third kappa shape index (κ3) is 2.55. The first-order chi connectivity index (χ1) is 11.6. The molecule has 6 heteroatoms. The topological polar surface area (TPSA) is 55.1 Å². The van der Waals surface area contributed by atoms with E-state index in [1.54, 1.807) is 4.52 Å². The van der Waals surface area contributed by atoms with E-state index in [1.165, 1.54) is 22.3 Å². The van der Waals surface area contributed by atoms with E-state index >= 15 is 0 Å². The second-order valence-electron chi connectivity index (χ2n) is 6.07. The van der Waals surface area contributed by atoms with Gasteiger partial charge in [0, 0.05) is 0 Å². The molecule has 0 radical (unpaired) electrons. The van der Waals surface area contributed by atoms with E-state index < -0.39 is 0 Å². The van der Waals surface area contributed by atoms with Crippen LogP contribution in [0.1, 0.15) is 37.1 Å². The number of benzene rings is 1. The minimum absolute atomic E-state index is 0.0809. The van der Waals surface area contributed by atoms with Gasteiger partial charge in [-0.05, 0) is 48.8 Å². The van der Waals surface area contributed by atoms with Crippen molar-refractivity contribution in [3.05, 3.63) is 51.2 Å². The Bertz CT molecular complexity index is 1040. The maximum absolute atomic E-state index is 6.45. The van der Waals surface area contributed by atoms with Gasteiger partial charge in [0.05, 0.1) is 11.7 Å². The maximum atomic E-state index is 6.45. The van der Waals surface area contributed by atoms with E-state index in [9.17, 15) is 0 Å². The molecule has 2 heterocycles. The minimum Gasteiger partial charge on any atom is -0.362 e. The molecule has 0 unspecified atom stereocenters. The predicted molar refractivity (Wildman–Crippen MR) is 96.4 cm³/mol. The standard InChI is InChI=1S/C18H18ClN5/c1-11(14-8-7-13-5-3-4-6-15(13)9-14)22-17-16(19)12(2)23-18-20-10-21-24(17)18/h5-11,22H,3-4H2,1-2H3/t11-/m0/s1. The van der Waals surface area contributed by atoms with Crippen LogP contribution in [0.15, 0.2) is 24.5 Å². The van der Waals surface area contributed by atoms with E-state index in [2.05, 4.69) is 57.7 Å². The third-order valence-electron chi connectivity index (χ3n) is 4.39. The van der Waals surface area contributed by atoms with Gasteiger partial charge in [0.2, 0.25) is 0 Å². The van der Waals surface area contributed by atoms with Crippen molar-refractivity contribution in [1.29, 1.82) is 0 Å². The van der Waals surface area contributed by atoms with Crippen LogP contribution in [0.4, 0.5) is 5.82 Å². The van der Waals surface area contributed by atoms with Crippen molar-refractivity contribution in [2.45, 2.75) is 32.7 Å². The molecule has 0 bridgehead atoms. The summed E-state index contributed by atoms with van der Waals surface area (Å²) in [5.41, 5.74) is 1.94. The van der Waals surface area contributed by atoms with Crippen molar-refractivity contribution >= 4 is 35.3 Å². The molecule has 4 rings (SSSR count). The van der Waals surface area contributed by atoms with E-state index in [0.29, 0.717) is 10.8 Å². The number of aromatic nitrogens is 4. The van der Waals surface area contributed by atoms with Crippen molar-refractivity contribution in [3.8, 4) is 0 Å². The summed E-state index contributed by atoms with van der Waals surface area (Å²) in [6.45, 7) is 3.99. The lowest BCUT2D eigenvalue weighted by atomic mass is 10.0. The smallest absolute Gasteiger partial charge is 0.254 e. The first kappa shape index (κ1) is 15.1.